The molecule has 1 aliphatic rings. The summed E-state index contributed by atoms with van der Waals surface area (Å²) in [7, 11) is 0. The summed E-state index contributed by atoms with van der Waals surface area (Å²) in [5.74, 6) is 0.204. The lowest BCUT2D eigenvalue weighted by molar-refractivity contribution is -0.118. The first-order chi connectivity index (χ1) is 12.8. The highest BCUT2D eigenvalue weighted by Gasteiger charge is 2.31. The highest BCUT2D eigenvalue weighted by molar-refractivity contribution is 5.96. The third-order valence-electron chi connectivity index (χ3n) is 6.26. The molecule has 2 N–H and O–H groups in total. The number of amides is 1. The van der Waals surface area contributed by atoms with Crippen LogP contribution in [0.4, 0.5) is 0 Å². The molecule has 1 rings (SSSR count). The Labute approximate surface area is 167 Å². The Morgan fingerprint density at radius 2 is 1.30 bits per heavy atom. The topological polar surface area (TPSA) is 60.2 Å². The molecule has 1 aliphatic carbocycles. The predicted molar refractivity (Wildman–Crippen MR) is 115 cm³/mol. The van der Waals surface area contributed by atoms with E-state index >= 15 is 0 Å². The number of rotatable bonds is 15. The second kappa shape index (κ2) is 13.1. The molecule has 0 fully saturated rings. The lowest BCUT2D eigenvalue weighted by atomic mass is 9.70. The highest BCUT2D eigenvalue weighted by Crippen LogP contribution is 2.41. The van der Waals surface area contributed by atoms with Crippen molar-refractivity contribution < 1.29 is 9.59 Å². The number of ketones is 1. The first-order valence-electron chi connectivity index (χ1n) is 11.4. The quantitative estimate of drug-likeness (QED) is 0.325. The van der Waals surface area contributed by atoms with Gasteiger partial charge in [-0.05, 0) is 43.6 Å². The van der Waals surface area contributed by atoms with Crippen molar-refractivity contribution >= 4 is 11.7 Å². The molecule has 0 radical (unpaired) electrons. The number of primary amides is 1. The Kier molecular flexibility index (Phi) is 11.6. The summed E-state index contributed by atoms with van der Waals surface area (Å²) in [5, 5.41) is 0. The molecule has 0 bridgehead atoms. The van der Waals surface area contributed by atoms with E-state index in [0.29, 0.717) is 12.2 Å². The molecule has 0 aliphatic heterocycles. The van der Waals surface area contributed by atoms with E-state index < -0.39 is 0 Å². The van der Waals surface area contributed by atoms with Gasteiger partial charge in [-0.15, -0.1) is 0 Å². The van der Waals surface area contributed by atoms with E-state index in [4.69, 9.17) is 5.73 Å². The minimum absolute atomic E-state index is 0.169. The van der Waals surface area contributed by atoms with Crippen LogP contribution in [0, 0.1) is 5.41 Å². The van der Waals surface area contributed by atoms with E-state index in [9.17, 15) is 9.59 Å². The highest BCUT2D eigenvalue weighted by atomic mass is 16.1. The molecule has 0 saturated carbocycles. The second-order valence-electron chi connectivity index (χ2n) is 9.12. The smallest absolute Gasteiger partial charge is 0.217 e. The van der Waals surface area contributed by atoms with E-state index in [2.05, 4.69) is 13.8 Å². The molecule has 156 valence electrons. The zero-order valence-corrected chi connectivity index (χ0v) is 18.2. The number of allylic oxidation sites excluding steroid dienone is 2. The van der Waals surface area contributed by atoms with Crippen molar-refractivity contribution in [3.8, 4) is 0 Å². The van der Waals surface area contributed by atoms with Crippen LogP contribution in [0.2, 0.25) is 0 Å². The van der Waals surface area contributed by atoms with E-state index in [1.165, 1.54) is 69.8 Å². The molecule has 0 aromatic carbocycles. The molecule has 3 nitrogen and oxygen atoms in total. The van der Waals surface area contributed by atoms with Gasteiger partial charge in [-0.3, -0.25) is 9.59 Å². The predicted octanol–water partition coefficient (Wildman–Crippen LogP) is 6.64. The van der Waals surface area contributed by atoms with Gasteiger partial charge < -0.3 is 5.73 Å². The lowest BCUT2D eigenvalue weighted by Crippen LogP contribution is -2.25. The zero-order valence-electron chi connectivity index (χ0n) is 18.2. The minimum atomic E-state index is -0.169. The van der Waals surface area contributed by atoms with Crippen molar-refractivity contribution in [1.82, 2.24) is 0 Å². The van der Waals surface area contributed by atoms with Gasteiger partial charge in [0.05, 0.1) is 0 Å². The van der Waals surface area contributed by atoms with E-state index in [-0.39, 0.29) is 11.3 Å². The largest absolute Gasteiger partial charge is 0.370 e. The Morgan fingerprint density at radius 1 is 0.852 bits per heavy atom. The van der Waals surface area contributed by atoms with Gasteiger partial charge in [0.2, 0.25) is 5.91 Å². The van der Waals surface area contributed by atoms with E-state index in [0.717, 1.165) is 37.7 Å². The molecule has 27 heavy (non-hydrogen) atoms. The number of Topliss-reactive ketones (excluding diaryl/α,β-unsaturated/α-hetero) is 1. The monoisotopic (exact) mass is 377 g/mol. The summed E-state index contributed by atoms with van der Waals surface area (Å²) in [6, 6.07) is 0. The van der Waals surface area contributed by atoms with Gasteiger partial charge in [-0.1, -0.05) is 83.6 Å². The third-order valence-corrected chi connectivity index (χ3v) is 6.26. The molecule has 0 spiro atoms. The Morgan fingerprint density at radius 3 is 1.78 bits per heavy atom. The van der Waals surface area contributed by atoms with Crippen LogP contribution in [-0.4, -0.2) is 11.7 Å². The summed E-state index contributed by atoms with van der Waals surface area (Å²) in [6.45, 7) is 6.64. The minimum Gasteiger partial charge on any atom is -0.370 e. The normalized spacial score (nSPS) is 16.8. The zero-order chi connectivity index (χ0) is 20.1. The van der Waals surface area contributed by atoms with Crippen molar-refractivity contribution in [2.24, 2.45) is 11.1 Å². The summed E-state index contributed by atoms with van der Waals surface area (Å²) in [4.78, 5) is 22.6. The van der Waals surface area contributed by atoms with Gasteiger partial charge in [-0.2, -0.15) is 0 Å². The molecule has 0 aromatic rings. The summed E-state index contributed by atoms with van der Waals surface area (Å²) in [5.41, 5.74) is 7.84. The van der Waals surface area contributed by atoms with Crippen molar-refractivity contribution in [3.63, 3.8) is 0 Å². The first-order valence-corrected chi connectivity index (χ1v) is 11.4. The van der Waals surface area contributed by atoms with Gasteiger partial charge in [0.15, 0.2) is 5.78 Å². The van der Waals surface area contributed by atoms with Crippen molar-refractivity contribution in [1.29, 1.82) is 0 Å². The number of unbranched alkanes of at least 4 members (excludes halogenated alkanes) is 11. The SMILES string of the molecule is CC1=C(CCCCCCCCCCCCCCC(N)=O)C(C)(C)CCC1=O. The number of carbonyl (C=O) groups is 2. The van der Waals surface area contributed by atoms with Gasteiger partial charge in [0.25, 0.3) is 0 Å². The fourth-order valence-corrected chi connectivity index (χ4v) is 4.33. The molecular formula is C24H43NO2. The van der Waals surface area contributed by atoms with Crippen LogP contribution in [-0.2, 0) is 9.59 Å². The molecule has 3 heteroatoms. The van der Waals surface area contributed by atoms with Crippen molar-refractivity contribution in [2.45, 2.75) is 124 Å². The average Bonchev–Trinajstić information content (AvgIpc) is 2.61. The fourth-order valence-electron chi connectivity index (χ4n) is 4.33. The van der Waals surface area contributed by atoms with Gasteiger partial charge in [-0.25, -0.2) is 0 Å². The number of nitrogens with two attached hydrogens (primary N) is 1. The molecule has 0 atom stereocenters. The van der Waals surface area contributed by atoms with Crippen molar-refractivity contribution in [2.75, 3.05) is 0 Å². The van der Waals surface area contributed by atoms with E-state index in [1.54, 1.807) is 0 Å². The Balaban J connectivity index is 1.95. The van der Waals surface area contributed by atoms with Gasteiger partial charge >= 0.3 is 0 Å². The molecule has 1 amide bonds. The Hall–Kier alpha value is -1.12. The number of hydrogen-bond acceptors (Lipinski definition) is 2. The summed E-state index contributed by atoms with van der Waals surface area (Å²) >= 11 is 0. The van der Waals surface area contributed by atoms with Gasteiger partial charge in [0, 0.05) is 12.8 Å². The number of carbonyl (C=O) groups excluding carboxylic acids is 2. The first kappa shape index (κ1) is 23.9. The van der Waals surface area contributed by atoms with Crippen LogP contribution >= 0.6 is 0 Å². The van der Waals surface area contributed by atoms with Crippen LogP contribution in [0.25, 0.3) is 0 Å². The van der Waals surface area contributed by atoms with Crippen molar-refractivity contribution in [3.05, 3.63) is 11.1 Å². The average molecular weight is 378 g/mol. The van der Waals surface area contributed by atoms with Crippen LogP contribution < -0.4 is 5.73 Å². The lowest BCUT2D eigenvalue weighted by Gasteiger charge is -2.34. The second-order valence-corrected chi connectivity index (χ2v) is 9.12. The van der Waals surface area contributed by atoms with Crippen LogP contribution in [0.3, 0.4) is 0 Å². The maximum absolute atomic E-state index is 12.0. The van der Waals surface area contributed by atoms with E-state index in [1.807, 2.05) is 6.92 Å². The third kappa shape index (κ3) is 10.1. The maximum atomic E-state index is 12.0. The molecule has 0 unspecified atom stereocenters. The van der Waals surface area contributed by atoms with Gasteiger partial charge in [0.1, 0.15) is 0 Å². The summed E-state index contributed by atoms with van der Waals surface area (Å²) in [6.07, 6.45) is 18.6. The molecule has 0 aromatic heterocycles. The Bertz CT molecular complexity index is 491. The van der Waals surface area contributed by atoms with Crippen LogP contribution in [0.1, 0.15) is 124 Å². The standard InChI is InChI=1S/C24H43NO2/c1-20-21(24(2,3)19-18-22(20)26)16-14-12-10-8-6-4-5-7-9-11-13-15-17-23(25)27/h4-19H2,1-3H3,(H2,25,27). The molecule has 0 saturated heterocycles. The summed E-state index contributed by atoms with van der Waals surface area (Å²) < 4.78 is 0. The molecular weight excluding hydrogens is 334 g/mol. The number of hydrogen-bond donors (Lipinski definition) is 1. The molecule has 0 heterocycles. The fraction of sp³-hybridized carbons (Fsp3) is 0.833. The maximum Gasteiger partial charge on any atom is 0.217 e. The van der Waals surface area contributed by atoms with Crippen LogP contribution in [0.5, 0.6) is 0 Å². The van der Waals surface area contributed by atoms with Crippen LogP contribution in [0.15, 0.2) is 11.1 Å².